The fourth-order valence-corrected chi connectivity index (χ4v) is 1.55. The number of urea groups is 1. The van der Waals surface area contributed by atoms with Crippen LogP contribution in [0.25, 0.3) is 0 Å². The zero-order valence-electron chi connectivity index (χ0n) is 11.3. The van der Waals surface area contributed by atoms with Crippen LogP contribution in [0.5, 0.6) is 5.75 Å². The largest absolute Gasteiger partial charge is 0.497 e. The number of carbonyl (C=O) groups excluding carboxylic acids is 1. The number of amides is 2. The van der Waals surface area contributed by atoms with Crippen LogP contribution in [0.2, 0.25) is 0 Å². The highest BCUT2D eigenvalue weighted by molar-refractivity contribution is 5.92. The van der Waals surface area contributed by atoms with Gasteiger partial charge in [-0.25, -0.2) is 9.59 Å². The van der Waals surface area contributed by atoms with E-state index in [0.717, 1.165) is 0 Å². The number of methoxy groups -OCH3 is 1. The molecule has 0 bridgehead atoms. The molecule has 0 saturated carbocycles. The molecule has 8 heteroatoms. The van der Waals surface area contributed by atoms with Crippen molar-refractivity contribution in [1.29, 1.82) is 0 Å². The molecule has 21 heavy (non-hydrogen) atoms. The fraction of sp³-hybridized carbons (Fsp3) is 0.308. The maximum Gasteiger partial charge on any atom is 0.326 e. The number of hydrogen-bond acceptors (Lipinski definition) is 4. The molecule has 8 nitrogen and oxygen atoms in total. The van der Waals surface area contributed by atoms with E-state index in [2.05, 4.69) is 10.6 Å². The van der Waals surface area contributed by atoms with Crippen molar-refractivity contribution in [3.8, 4) is 5.75 Å². The van der Waals surface area contributed by atoms with Crippen LogP contribution in [0.15, 0.2) is 24.3 Å². The fourth-order valence-electron chi connectivity index (χ4n) is 1.55. The number of carboxylic acid groups (broad SMARTS) is 2. The van der Waals surface area contributed by atoms with Crippen LogP contribution in [0, 0.1) is 0 Å². The summed E-state index contributed by atoms with van der Waals surface area (Å²) in [6.07, 6.45) is -0.549. The highest BCUT2D eigenvalue weighted by Gasteiger charge is 2.20. The van der Waals surface area contributed by atoms with Gasteiger partial charge in [0.1, 0.15) is 11.8 Å². The van der Waals surface area contributed by atoms with Crippen molar-refractivity contribution < 1.29 is 29.3 Å². The van der Waals surface area contributed by atoms with Gasteiger partial charge in [-0.2, -0.15) is 0 Å². The minimum Gasteiger partial charge on any atom is -0.497 e. The molecule has 114 valence electrons. The molecule has 0 saturated heterocycles. The molecule has 0 aromatic heterocycles. The molecule has 0 unspecified atom stereocenters. The van der Waals surface area contributed by atoms with Gasteiger partial charge in [-0.3, -0.25) is 4.79 Å². The van der Waals surface area contributed by atoms with E-state index in [1.807, 2.05) is 0 Å². The van der Waals surface area contributed by atoms with Crippen molar-refractivity contribution in [2.24, 2.45) is 0 Å². The monoisotopic (exact) mass is 296 g/mol. The number of anilines is 1. The maximum atomic E-state index is 11.7. The van der Waals surface area contributed by atoms with Gasteiger partial charge in [0.05, 0.1) is 7.11 Å². The summed E-state index contributed by atoms with van der Waals surface area (Å²) in [5, 5.41) is 22.1. The average Bonchev–Trinajstić information content (AvgIpc) is 2.43. The predicted molar refractivity (Wildman–Crippen MR) is 73.4 cm³/mol. The maximum absolute atomic E-state index is 11.7. The average molecular weight is 296 g/mol. The van der Waals surface area contributed by atoms with Crippen LogP contribution in [0.3, 0.4) is 0 Å². The normalized spacial score (nSPS) is 11.3. The predicted octanol–water partition coefficient (Wildman–Crippen LogP) is 1.13. The molecular formula is C13H16N2O6. The second kappa shape index (κ2) is 7.73. The summed E-state index contributed by atoms with van der Waals surface area (Å²) >= 11 is 0. The Bertz CT molecular complexity index is 531. The lowest BCUT2D eigenvalue weighted by Gasteiger charge is -2.14. The lowest BCUT2D eigenvalue weighted by Crippen LogP contribution is -2.43. The van der Waals surface area contributed by atoms with Gasteiger partial charge in [-0.1, -0.05) is 6.07 Å². The van der Waals surface area contributed by atoms with E-state index in [9.17, 15) is 14.4 Å². The smallest absolute Gasteiger partial charge is 0.326 e. The summed E-state index contributed by atoms with van der Waals surface area (Å²) in [6, 6.07) is 4.51. The van der Waals surface area contributed by atoms with Gasteiger partial charge in [-0.15, -0.1) is 0 Å². The Labute approximate surface area is 120 Å². The first-order valence-corrected chi connectivity index (χ1v) is 6.08. The third-order valence-electron chi connectivity index (χ3n) is 2.58. The summed E-state index contributed by atoms with van der Waals surface area (Å²) in [5.41, 5.74) is 0.425. The molecule has 0 fully saturated rings. The van der Waals surface area contributed by atoms with Gasteiger partial charge in [0, 0.05) is 18.2 Å². The third-order valence-corrected chi connectivity index (χ3v) is 2.58. The molecule has 0 aliphatic rings. The molecule has 0 radical (unpaired) electrons. The number of rotatable bonds is 7. The first kappa shape index (κ1) is 16.3. The van der Waals surface area contributed by atoms with Crippen molar-refractivity contribution in [1.82, 2.24) is 5.32 Å². The highest BCUT2D eigenvalue weighted by atomic mass is 16.5. The number of hydrogen-bond donors (Lipinski definition) is 4. The third kappa shape index (κ3) is 5.81. The van der Waals surface area contributed by atoms with Crippen molar-refractivity contribution in [3.05, 3.63) is 24.3 Å². The zero-order valence-corrected chi connectivity index (χ0v) is 11.3. The van der Waals surface area contributed by atoms with Gasteiger partial charge >= 0.3 is 18.0 Å². The molecular weight excluding hydrogens is 280 g/mol. The van der Waals surface area contributed by atoms with Crippen molar-refractivity contribution in [3.63, 3.8) is 0 Å². The van der Waals surface area contributed by atoms with E-state index in [1.165, 1.54) is 7.11 Å². The van der Waals surface area contributed by atoms with Crippen molar-refractivity contribution in [2.75, 3.05) is 12.4 Å². The van der Waals surface area contributed by atoms with E-state index in [-0.39, 0.29) is 12.8 Å². The van der Waals surface area contributed by atoms with Gasteiger partial charge in [-0.05, 0) is 18.6 Å². The Kier molecular flexibility index (Phi) is 5.99. The minimum absolute atomic E-state index is 0.198. The Morgan fingerprint density at radius 3 is 2.57 bits per heavy atom. The molecule has 0 aliphatic heterocycles. The lowest BCUT2D eigenvalue weighted by atomic mass is 10.1. The van der Waals surface area contributed by atoms with Crippen molar-refractivity contribution >= 4 is 23.7 Å². The van der Waals surface area contributed by atoms with Gasteiger partial charge in [0.2, 0.25) is 0 Å². The van der Waals surface area contributed by atoms with E-state index in [4.69, 9.17) is 14.9 Å². The summed E-state index contributed by atoms with van der Waals surface area (Å²) in [7, 11) is 1.48. The Morgan fingerprint density at radius 1 is 1.29 bits per heavy atom. The molecule has 1 atom stereocenters. The zero-order chi connectivity index (χ0) is 15.8. The SMILES string of the molecule is COc1cccc(NC(=O)N[C@@H](CCC(=O)O)C(=O)O)c1. The van der Waals surface area contributed by atoms with Gasteiger partial charge in [0.25, 0.3) is 0 Å². The van der Waals surface area contributed by atoms with Crippen LogP contribution in [0.4, 0.5) is 10.5 Å². The van der Waals surface area contributed by atoms with Crippen LogP contribution in [0.1, 0.15) is 12.8 Å². The molecule has 0 spiro atoms. The Balaban J connectivity index is 2.60. The first-order valence-electron chi connectivity index (χ1n) is 6.08. The molecule has 1 aromatic rings. The molecule has 2 amide bonds. The summed E-state index contributed by atoms with van der Waals surface area (Å²) in [4.78, 5) is 33.1. The van der Waals surface area contributed by atoms with E-state index >= 15 is 0 Å². The quantitative estimate of drug-likeness (QED) is 0.598. The Morgan fingerprint density at radius 2 is 2.00 bits per heavy atom. The van der Waals surface area contributed by atoms with Crippen LogP contribution < -0.4 is 15.4 Å². The topological polar surface area (TPSA) is 125 Å². The summed E-state index contributed by atoms with van der Waals surface area (Å²) in [5.74, 6) is -1.89. The number of benzene rings is 1. The van der Waals surface area contributed by atoms with E-state index < -0.39 is 24.0 Å². The molecule has 1 rings (SSSR count). The minimum atomic E-state index is -1.29. The molecule has 0 aliphatic carbocycles. The summed E-state index contributed by atoms with van der Waals surface area (Å²) in [6.45, 7) is 0. The number of aliphatic carboxylic acids is 2. The highest BCUT2D eigenvalue weighted by Crippen LogP contribution is 2.16. The number of ether oxygens (including phenoxy) is 1. The lowest BCUT2D eigenvalue weighted by molar-refractivity contribution is -0.140. The van der Waals surface area contributed by atoms with E-state index in [0.29, 0.717) is 11.4 Å². The number of nitrogens with one attached hydrogen (secondary N) is 2. The van der Waals surface area contributed by atoms with E-state index in [1.54, 1.807) is 24.3 Å². The summed E-state index contributed by atoms with van der Waals surface area (Å²) < 4.78 is 4.99. The second-order valence-corrected chi connectivity index (χ2v) is 4.15. The van der Waals surface area contributed by atoms with Crippen molar-refractivity contribution in [2.45, 2.75) is 18.9 Å². The van der Waals surface area contributed by atoms with Gasteiger partial charge in [0.15, 0.2) is 0 Å². The Hall–Kier alpha value is -2.77. The van der Waals surface area contributed by atoms with Crippen LogP contribution in [-0.2, 0) is 9.59 Å². The number of carbonyl (C=O) groups is 3. The number of carboxylic acids is 2. The second-order valence-electron chi connectivity index (χ2n) is 4.15. The molecule has 1 aromatic carbocycles. The first-order chi connectivity index (χ1) is 9.92. The van der Waals surface area contributed by atoms with Crippen LogP contribution >= 0.6 is 0 Å². The molecule has 4 N–H and O–H groups in total. The molecule has 0 heterocycles. The van der Waals surface area contributed by atoms with Gasteiger partial charge < -0.3 is 25.6 Å². The standard InChI is InChI=1S/C13H16N2O6/c1-21-9-4-2-3-8(7-9)14-13(20)15-10(12(18)19)5-6-11(16)17/h2-4,7,10H,5-6H2,1H3,(H,16,17)(H,18,19)(H2,14,15,20)/t10-/m0/s1. The van der Waals surface area contributed by atoms with Crippen LogP contribution in [-0.4, -0.2) is 41.3 Å².